The van der Waals surface area contributed by atoms with Crippen molar-refractivity contribution in [2.45, 2.75) is 87.7 Å². The molecule has 1 saturated carbocycles. The molecule has 2 aliphatic heterocycles. The number of hydrogen-bond donors (Lipinski definition) is 2. The van der Waals surface area contributed by atoms with Crippen LogP contribution in [0.2, 0.25) is 0 Å². The van der Waals surface area contributed by atoms with Gasteiger partial charge in [0, 0.05) is 48.3 Å². The highest BCUT2D eigenvalue weighted by Crippen LogP contribution is 2.62. The maximum Gasteiger partial charge on any atom is 0.410 e. The molecule has 0 spiro atoms. The minimum absolute atomic E-state index is 0.0531. The molecule has 0 aromatic heterocycles. The molecule has 0 radical (unpaired) electrons. The number of aliphatic hydroxyl groups is 2. The van der Waals surface area contributed by atoms with Crippen molar-refractivity contribution in [3.05, 3.63) is 138 Å². The molecule has 1 amide bonds. The van der Waals surface area contributed by atoms with Crippen molar-refractivity contribution in [3.8, 4) is 23.0 Å². The third-order valence-electron chi connectivity index (χ3n) is 12.9. The number of carbonyl (C=O) groups is 1. The van der Waals surface area contributed by atoms with Crippen LogP contribution in [0.1, 0.15) is 74.5 Å². The van der Waals surface area contributed by atoms with Crippen molar-refractivity contribution >= 4 is 23.6 Å². The van der Waals surface area contributed by atoms with Gasteiger partial charge in [-0.15, -0.1) is 18.3 Å². The van der Waals surface area contributed by atoms with Crippen LogP contribution in [0.25, 0.3) is 0 Å². The van der Waals surface area contributed by atoms with E-state index in [-0.39, 0.29) is 70.5 Å². The molecule has 2 N–H and O–H groups in total. The van der Waals surface area contributed by atoms with Gasteiger partial charge in [0.15, 0.2) is 11.5 Å². The van der Waals surface area contributed by atoms with Crippen LogP contribution in [0, 0.1) is 17.8 Å². The van der Waals surface area contributed by atoms with E-state index < -0.39 is 23.8 Å². The predicted octanol–water partition coefficient (Wildman–Crippen LogP) is 10.1. The van der Waals surface area contributed by atoms with Crippen molar-refractivity contribution in [1.82, 2.24) is 4.90 Å². The quantitative estimate of drug-likeness (QED) is 0.0318. The van der Waals surface area contributed by atoms with Gasteiger partial charge in [-0.3, -0.25) is 4.90 Å². The number of carbonyl (C=O) groups excluding carboxylic acids is 1. The van der Waals surface area contributed by atoms with Gasteiger partial charge in [-0.05, 0) is 104 Å². The maximum absolute atomic E-state index is 14.6. The van der Waals surface area contributed by atoms with Crippen LogP contribution in [0.5, 0.6) is 23.0 Å². The molecule has 66 heavy (non-hydrogen) atoms. The number of rotatable bonds is 23. The van der Waals surface area contributed by atoms with Gasteiger partial charge >= 0.3 is 6.09 Å². The van der Waals surface area contributed by atoms with Crippen LogP contribution in [-0.4, -0.2) is 84.3 Å². The zero-order valence-corrected chi connectivity index (χ0v) is 38.6. The van der Waals surface area contributed by atoms with E-state index in [0.717, 1.165) is 59.4 Å². The molecule has 12 nitrogen and oxygen atoms in total. The molecule has 4 aliphatic rings. The van der Waals surface area contributed by atoms with Crippen LogP contribution in [0.4, 0.5) is 4.79 Å². The third kappa shape index (κ3) is 10.7. The second-order valence-corrected chi connectivity index (χ2v) is 18.2. The van der Waals surface area contributed by atoms with E-state index in [1.807, 2.05) is 78.9 Å². The number of aliphatic hydroxyl groups excluding tert-OH is 2. The summed E-state index contributed by atoms with van der Waals surface area (Å²) < 4.78 is 38.4. The Morgan fingerprint density at radius 1 is 0.909 bits per heavy atom. The summed E-state index contributed by atoms with van der Waals surface area (Å²) in [4.78, 5) is 23.8. The number of amides is 1. The Bertz CT molecular complexity index is 2290. The molecule has 4 aromatic carbocycles. The summed E-state index contributed by atoms with van der Waals surface area (Å²) in [6, 6.07) is 31.2. The SMILES string of the molecule is C=CCOC12Oc3ccc(OCCSc4ccccc4)cc3C3C(CCCCO)C(CCCCO)C=C(C(=NOCc4ccccc4)CC1N(Cc1ccc4c(c1)OCO4)C(=O)OCC)C32. The van der Waals surface area contributed by atoms with E-state index in [0.29, 0.717) is 42.4 Å². The van der Waals surface area contributed by atoms with E-state index in [9.17, 15) is 15.0 Å². The summed E-state index contributed by atoms with van der Waals surface area (Å²) in [5.74, 6) is 1.35. The first-order valence-electron chi connectivity index (χ1n) is 23.3. The van der Waals surface area contributed by atoms with E-state index >= 15 is 0 Å². The standard InChI is InChI=1S/C53H62N2O10S/c1-3-27-63-53-49(55(52(58)59-4-2)34-38-21-23-47-48(30-38)62-36-61-47)33-45(54-64-35-37-15-7-5-8-16-37)43-31-39(17-11-13-25-56)42(20-12-14-26-57)50(51(43)53)44-32-40(22-24-46(44)65-53)60-28-29-66-41-18-9-6-10-19-41/h3,5-10,15-16,18-19,21-24,30-32,39,42,49-51,56-57H,1,4,11-14,17,20,25-29,33-36H2,2H3. The first-order valence-corrected chi connectivity index (χ1v) is 24.3. The summed E-state index contributed by atoms with van der Waals surface area (Å²) in [6.45, 7) is 7.36. The number of nitrogens with zero attached hydrogens (tertiary/aromatic N) is 2. The normalized spacial score (nSPS) is 22.9. The highest BCUT2D eigenvalue weighted by Gasteiger charge is 2.65. The number of benzene rings is 4. The number of oxime groups is 1. The Balaban J connectivity index is 1.28. The van der Waals surface area contributed by atoms with Crippen LogP contribution in [-0.2, 0) is 27.5 Å². The summed E-state index contributed by atoms with van der Waals surface area (Å²) in [5, 5.41) is 25.0. The molecule has 13 heteroatoms. The highest BCUT2D eigenvalue weighted by atomic mass is 32.2. The van der Waals surface area contributed by atoms with Gasteiger partial charge in [-0.1, -0.05) is 84.7 Å². The van der Waals surface area contributed by atoms with E-state index in [2.05, 4.69) is 30.9 Å². The van der Waals surface area contributed by atoms with Crippen LogP contribution < -0.4 is 18.9 Å². The van der Waals surface area contributed by atoms with Crippen molar-refractivity contribution in [2.75, 3.05) is 45.6 Å². The average Bonchev–Trinajstić information content (AvgIpc) is 3.82. The molecule has 1 fully saturated rings. The van der Waals surface area contributed by atoms with Gasteiger partial charge in [-0.2, -0.15) is 0 Å². The molecule has 0 saturated heterocycles. The van der Waals surface area contributed by atoms with Crippen molar-refractivity contribution in [1.29, 1.82) is 0 Å². The zero-order valence-electron chi connectivity index (χ0n) is 37.8. The first-order chi connectivity index (χ1) is 32.5. The Kier molecular flexibility index (Phi) is 16.3. The molecule has 2 aliphatic carbocycles. The second-order valence-electron chi connectivity index (χ2n) is 17.1. The largest absolute Gasteiger partial charge is 0.493 e. The fraction of sp³-hybridized carbons (Fsp3) is 0.434. The Morgan fingerprint density at radius 2 is 1.67 bits per heavy atom. The predicted molar refractivity (Wildman–Crippen MR) is 254 cm³/mol. The Hall–Kier alpha value is -5.47. The summed E-state index contributed by atoms with van der Waals surface area (Å²) >= 11 is 1.75. The zero-order chi connectivity index (χ0) is 45.7. The number of thioether (sulfide) groups is 1. The number of hydrogen-bond acceptors (Lipinski definition) is 12. The van der Waals surface area contributed by atoms with Gasteiger partial charge < -0.3 is 43.5 Å². The van der Waals surface area contributed by atoms with Crippen molar-refractivity contribution < 1.29 is 48.3 Å². The van der Waals surface area contributed by atoms with E-state index in [4.69, 9.17) is 38.4 Å². The topological polar surface area (TPSA) is 138 Å². The fourth-order valence-corrected chi connectivity index (χ4v) is 10.8. The molecule has 350 valence electrons. The number of allylic oxidation sites excluding steroid dienone is 1. The fourth-order valence-electron chi connectivity index (χ4n) is 10.1. The minimum Gasteiger partial charge on any atom is -0.493 e. The first kappa shape index (κ1) is 47.0. The van der Waals surface area contributed by atoms with Crippen molar-refractivity contribution in [3.63, 3.8) is 0 Å². The number of ether oxygens (including phenoxy) is 6. The molecule has 8 rings (SSSR count). The van der Waals surface area contributed by atoms with Crippen LogP contribution in [0.3, 0.4) is 0 Å². The van der Waals surface area contributed by atoms with Crippen LogP contribution >= 0.6 is 11.8 Å². The Labute approximate surface area is 392 Å². The van der Waals surface area contributed by atoms with E-state index in [1.54, 1.807) is 29.7 Å². The second kappa shape index (κ2) is 22.8. The summed E-state index contributed by atoms with van der Waals surface area (Å²) in [6.07, 6.45) is 8.37. The molecular formula is C53H62N2O10S. The number of unbranched alkanes of at least 4 members (excludes halogenated alkanes) is 2. The molecular weight excluding hydrogens is 857 g/mol. The number of fused-ring (bicyclic) bond motifs is 3. The lowest BCUT2D eigenvalue weighted by Gasteiger charge is -2.59. The Morgan fingerprint density at radius 3 is 2.44 bits per heavy atom. The van der Waals surface area contributed by atoms with E-state index in [1.165, 1.54) is 4.90 Å². The molecule has 6 unspecified atom stereocenters. The monoisotopic (exact) mass is 918 g/mol. The molecule has 6 atom stereocenters. The van der Waals surface area contributed by atoms with Gasteiger partial charge in [0.2, 0.25) is 12.6 Å². The minimum atomic E-state index is -1.46. The maximum atomic E-state index is 14.6. The lowest BCUT2D eigenvalue weighted by Crippen LogP contribution is -2.70. The van der Waals surface area contributed by atoms with Crippen molar-refractivity contribution in [2.24, 2.45) is 22.9 Å². The molecule has 2 heterocycles. The van der Waals surface area contributed by atoms with Gasteiger partial charge in [0.05, 0.1) is 31.5 Å². The third-order valence-corrected chi connectivity index (χ3v) is 13.9. The smallest absolute Gasteiger partial charge is 0.410 e. The van der Waals surface area contributed by atoms with Gasteiger partial charge in [0.25, 0.3) is 0 Å². The highest BCUT2D eigenvalue weighted by molar-refractivity contribution is 7.99. The summed E-state index contributed by atoms with van der Waals surface area (Å²) in [7, 11) is 0. The van der Waals surface area contributed by atoms with Gasteiger partial charge in [-0.25, -0.2) is 4.79 Å². The lowest BCUT2D eigenvalue weighted by molar-refractivity contribution is -0.256. The molecule has 0 bridgehead atoms. The van der Waals surface area contributed by atoms with Crippen LogP contribution in [0.15, 0.2) is 131 Å². The molecule has 4 aromatic rings. The van der Waals surface area contributed by atoms with Gasteiger partial charge in [0.1, 0.15) is 24.1 Å². The lowest BCUT2D eigenvalue weighted by atomic mass is 9.55. The summed E-state index contributed by atoms with van der Waals surface area (Å²) in [5.41, 5.74) is 4.41. The average molecular weight is 919 g/mol.